The van der Waals surface area contributed by atoms with Gasteiger partial charge in [-0.3, -0.25) is 14.2 Å². The molecule has 0 radical (unpaired) electrons. The summed E-state index contributed by atoms with van der Waals surface area (Å²) in [5.41, 5.74) is 1.71. The summed E-state index contributed by atoms with van der Waals surface area (Å²) in [7, 11) is 1.59. The molecule has 3 aromatic rings. The Labute approximate surface area is 190 Å². The summed E-state index contributed by atoms with van der Waals surface area (Å²) >= 11 is 2.91. The van der Waals surface area contributed by atoms with Crippen molar-refractivity contribution >= 4 is 39.2 Å². The molecular weight excluding hydrogens is 430 g/mol. The van der Waals surface area contributed by atoms with Crippen molar-refractivity contribution in [2.24, 2.45) is 5.92 Å². The van der Waals surface area contributed by atoms with E-state index in [1.54, 1.807) is 23.0 Å². The zero-order valence-electron chi connectivity index (χ0n) is 18.1. The summed E-state index contributed by atoms with van der Waals surface area (Å²) in [5, 5.41) is 4.16. The van der Waals surface area contributed by atoms with Gasteiger partial charge in [0.25, 0.3) is 5.56 Å². The first kappa shape index (κ1) is 21.9. The summed E-state index contributed by atoms with van der Waals surface area (Å²) in [5.74, 6) is 1.11. The average molecular weight is 458 g/mol. The zero-order valence-corrected chi connectivity index (χ0v) is 19.7. The first-order valence-corrected chi connectivity index (χ1v) is 12.4. The van der Waals surface area contributed by atoms with Crippen LogP contribution in [0.4, 0.5) is 0 Å². The fourth-order valence-electron chi connectivity index (χ4n) is 3.81. The number of carbonyl (C=O) groups excluding carboxylic acids is 1. The second kappa shape index (κ2) is 9.44. The van der Waals surface area contributed by atoms with Crippen LogP contribution in [-0.2, 0) is 17.6 Å². The molecule has 0 saturated heterocycles. The molecule has 0 saturated carbocycles. The number of para-hydroxylation sites is 2. The van der Waals surface area contributed by atoms with E-state index >= 15 is 0 Å². The Morgan fingerprint density at radius 1 is 1.29 bits per heavy atom. The second-order valence-electron chi connectivity index (χ2n) is 8.08. The largest absolute Gasteiger partial charge is 0.495 e. The van der Waals surface area contributed by atoms with Gasteiger partial charge < -0.3 is 10.1 Å². The molecule has 0 bridgehead atoms. The van der Waals surface area contributed by atoms with Gasteiger partial charge >= 0.3 is 0 Å². The summed E-state index contributed by atoms with van der Waals surface area (Å²) in [4.78, 5) is 33.0. The van der Waals surface area contributed by atoms with E-state index in [0.29, 0.717) is 29.1 Å². The quantitative estimate of drug-likeness (QED) is 0.425. The minimum atomic E-state index is -0.0843. The van der Waals surface area contributed by atoms with Gasteiger partial charge in [-0.2, -0.15) is 0 Å². The van der Waals surface area contributed by atoms with Crippen LogP contribution in [0.2, 0.25) is 0 Å². The van der Waals surface area contributed by atoms with Crippen LogP contribution in [0.15, 0.2) is 34.2 Å². The Kier molecular flexibility index (Phi) is 6.67. The van der Waals surface area contributed by atoms with E-state index in [0.717, 1.165) is 41.5 Å². The number of nitrogens with zero attached hydrogens (tertiary/aromatic N) is 2. The lowest BCUT2D eigenvalue weighted by molar-refractivity contribution is -0.118. The Morgan fingerprint density at radius 3 is 2.84 bits per heavy atom. The molecule has 0 spiro atoms. The number of hydrogen-bond donors (Lipinski definition) is 1. The number of aryl methyl sites for hydroxylation is 2. The number of hydrogen-bond acceptors (Lipinski definition) is 6. The highest BCUT2D eigenvalue weighted by Crippen LogP contribution is 2.36. The van der Waals surface area contributed by atoms with Crippen LogP contribution >= 0.6 is 23.1 Å². The van der Waals surface area contributed by atoms with Crippen LogP contribution in [-0.4, -0.2) is 34.9 Å². The van der Waals surface area contributed by atoms with Crippen molar-refractivity contribution in [1.29, 1.82) is 0 Å². The third-order valence-corrected chi connectivity index (χ3v) is 7.45. The van der Waals surface area contributed by atoms with E-state index in [1.165, 1.54) is 16.6 Å². The Morgan fingerprint density at radius 2 is 2.06 bits per heavy atom. The number of thioether (sulfide) groups is 1. The predicted octanol–water partition coefficient (Wildman–Crippen LogP) is 4.20. The lowest BCUT2D eigenvalue weighted by Crippen LogP contribution is -2.29. The topological polar surface area (TPSA) is 73.2 Å². The van der Waals surface area contributed by atoms with Gasteiger partial charge in [0.15, 0.2) is 5.16 Å². The molecule has 0 fully saturated rings. The first-order chi connectivity index (χ1) is 15.0. The molecule has 164 valence electrons. The lowest BCUT2D eigenvalue weighted by Gasteiger charge is -2.16. The lowest BCUT2D eigenvalue weighted by atomic mass is 9.97. The molecular formula is C23H27N3O3S2. The van der Waals surface area contributed by atoms with Gasteiger partial charge in [0, 0.05) is 11.4 Å². The molecule has 6 nitrogen and oxygen atoms in total. The van der Waals surface area contributed by atoms with E-state index in [4.69, 9.17) is 9.72 Å². The molecule has 0 aliphatic heterocycles. The Bertz CT molecular complexity index is 1170. The van der Waals surface area contributed by atoms with Gasteiger partial charge in [-0.25, -0.2) is 4.98 Å². The Balaban J connectivity index is 1.81. The van der Waals surface area contributed by atoms with Gasteiger partial charge in [-0.15, -0.1) is 11.3 Å². The standard InChI is InChI=1S/C23H27N3O3S2/c1-14(2)12-24-19(27)13-30-23-25-21-20(15-8-4-7-11-18(15)31-21)22(28)26(23)16-9-5-6-10-17(16)29-3/h5-6,9-10,14H,4,7-8,11-13H2,1-3H3,(H,24,27). The molecule has 1 aliphatic carbocycles. The van der Waals surface area contributed by atoms with Crippen LogP contribution < -0.4 is 15.6 Å². The molecule has 8 heteroatoms. The summed E-state index contributed by atoms with van der Waals surface area (Å²) in [6.07, 6.45) is 4.17. The molecule has 0 unspecified atom stereocenters. The number of carbonyl (C=O) groups is 1. The minimum absolute atomic E-state index is 0.0647. The third-order valence-electron chi connectivity index (χ3n) is 5.32. The van der Waals surface area contributed by atoms with E-state index in [2.05, 4.69) is 19.2 Å². The number of benzene rings is 1. The fourth-order valence-corrected chi connectivity index (χ4v) is 5.95. The molecule has 0 atom stereocenters. The van der Waals surface area contributed by atoms with Crippen molar-refractivity contribution < 1.29 is 9.53 Å². The summed E-state index contributed by atoms with van der Waals surface area (Å²) < 4.78 is 7.15. The molecule has 31 heavy (non-hydrogen) atoms. The van der Waals surface area contributed by atoms with Crippen molar-refractivity contribution in [3.8, 4) is 11.4 Å². The van der Waals surface area contributed by atoms with Gasteiger partial charge in [0.05, 0.1) is 23.9 Å². The van der Waals surface area contributed by atoms with Crippen LogP contribution in [0, 0.1) is 5.92 Å². The van der Waals surface area contributed by atoms with E-state index in [9.17, 15) is 9.59 Å². The van der Waals surface area contributed by atoms with E-state index < -0.39 is 0 Å². The van der Waals surface area contributed by atoms with Gasteiger partial charge in [0.2, 0.25) is 5.91 Å². The fraction of sp³-hybridized carbons (Fsp3) is 0.435. The monoisotopic (exact) mass is 457 g/mol. The SMILES string of the molecule is COc1ccccc1-n1c(SCC(=O)NCC(C)C)nc2sc3c(c2c1=O)CCCC3. The maximum Gasteiger partial charge on any atom is 0.267 e. The predicted molar refractivity (Wildman–Crippen MR) is 127 cm³/mol. The number of methoxy groups -OCH3 is 1. The maximum atomic E-state index is 13.8. The molecule has 1 aromatic carbocycles. The zero-order chi connectivity index (χ0) is 22.0. The van der Waals surface area contributed by atoms with Crippen molar-refractivity contribution in [2.75, 3.05) is 19.4 Å². The highest BCUT2D eigenvalue weighted by molar-refractivity contribution is 7.99. The van der Waals surface area contributed by atoms with Crippen molar-refractivity contribution in [2.45, 2.75) is 44.7 Å². The number of nitrogens with one attached hydrogen (secondary N) is 1. The number of ether oxygens (including phenoxy) is 1. The molecule has 2 heterocycles. The van der Waals surface area contributed by atoms with Crippen molar-refractivity contribution in [1.82, 2.24) is 14.9 Å². The minimum Gasteiger partial charge on any atom is -0.495 e. The smallest absolute Gasteiger partial charge is 0.267 e. The first-order valence-electron chi connectivity index (χ1n) is 10.6. The number of fused-ring (bicyclic) bond motifs is 3. The third kappa shape index (κ3) is 4.50. The van der Waals surface area contributed by atoms with Crippen LogP contribution in [0.25, 0.3) is 15.9 Å². The van der Waals surface area contributed by atoms with Crippen molar-refractivity contribution in [3.63, 3.8) is 0 Å². The second-order valence-corrected chi connectivity index (χ2v) is 10.1. The molecule has 1 N–H and O–H groups in total. The van der Waals surface area contributed by atoms with Gasteiger partial charge in [-0.1, -0.05) is 37.7 Å². The van der Waals surface area contributed by atoms with Crippen LogP contribution in [0.3, 0.4) is 0 Å². The van der Waals surface area contributed by atoms with Gasteiger partial charge in [0.1, 0.15) is 10.6 Å². The molecule has 1 aliphatic rings. The van der Waals surface area contributed by atoms with E-state index in [-0.39, 0.29) is 17.2 Å². The number of thiophene rings is 1. The average Bonchev–Trinajstić information content (AvgIpc) is 3.15. The Hall–Kier alpha value is -2.32. The molecule has 2 aromatic heterocycles. The highest BCUT2D eigenvalue weighted by Gasteiger charge is 2.24. The van der Waals surface area contributed by atoms with Crippen molar-refractivity contribution in [3.05, 3.63) is 45.1 Å². The summed E-state index contributed by atoms with van der Waals surface area (Å²) in [6.45, 7) is 4.74. The molecule has 1 amide bonds. The maximum absolute atomic E-state index is 13.8. The normalized spacial score (nSPS) is 13.4. The number of aromatic nitrogens is 2. The summed E-state index contributed by atoms with van der Waals surface area (Å²) in [6, 6.07) is 7.44. The number of amides is 1. The van der Waals surface area contributed by atoms with Gasteiger partial charge in [-0.05, 0) is 49.3 Å². The number of rotatable bonds is 7. The van der Waals surface area contributed by atoms with E-state index in [1.807, 2.05) is 24.3 Å². The highest BCUT2D eigenvalue weighted by atomic mass is 32.2. The van der Waals surface area contributed by atoms with Crippen LogP contribution in [0.1, 0.15) is 37.1 Å². The van der Waals surface area contributed by atoms with Crippen LogP contribution in [0.5, 0.6) is 5.75 Å². The molecule has 4 rings (SSSR count).